The molecule has 0 aromatic rings. The molecule has 0 radical (unpaired) electrons. The van der Waals surface area contributed by atoms with Crippen molar-refractivity contribution in [2.75, 3.05) is 0 Å². The van der Waals surface area contributed by atoms with Crippen LogP contribution in [0.5, 0.6) is 0 Å². The van der Waals surface area contributed by atoms with E-state index in [2.05, 4.69) is 13.8 Å². The predicted octanol–water partition coefficient (Wildman–Crippen LogP) is 4.89. The minimum Gasteiger partial charge on any atom is -0.327 e. The van der Waals surface area contributed by atoms with Gasteiger partial charge in [-0.1, -0.05) is 52.4 Å². The van der Waals surface area contributed by atoms with Crippen LogP contribution in [0, 0.1) is 17.3 Å². The van der Waals surface area contributed by atoms with Gasteiger partial charge in [0.05, 0.1) is 0 Å². The van der Waals surface area contributed by atoms with Gasteiger partial charge in [-0.3, -0.25) is 0 Å². The van der Waals surface area contributed by atoms with Crippen LogP contribution in [0.25, 0.3) is 0 Å². The van der Waals surface area contributed by atoms with E-state index in [4.69, 9.17) is 5.73 Å². The Kier molecular flexibility index (Phi) is 5.12. The zero-order chi connectivity index (χ0) is 13.0. The standard InChI is InChI=1S/C17H33N/c1-14(2)13-17(11-5-6-12-17)16(18)10-9-15-7-3-4-8-15/h14-16H,3-13,18H2,1-2H3. The SMILES string of the molecule is CC(C)CC1(C(N)CCC2CCCC2)CCCC1. The van der Waals surface area contributed by atoms with E-state index < -0.39 is 0 Å². The number of nitrogens with two attached hydrogens (primary N) is 1. The average Bonchev–Trinajstić information content (AvgIpc) is 2.96. The van der Waals surface area contributed by atoms with E-state index in [1.54, 1.807) is 0 Å². The van der Waals surface area contributed by atoms with E-state index in [9.17, 15) is 0 Å². The molecule has 1 nitrogen and oxygen atoms in total. The van der Waals surface area contributed by atoms with Crippen molar-refractivity contribution in [2.45, 2.75) is 90.5 Å². The highest BCUT2D eigenvalue weighted by Crippen LogP contribution is 2.46. The van der Waals surface area contributed by atoms with Gasteiger partial charge < -0.3 is 5.73 Å². The Hall–Kier alpha value is -0.0400. The Bertz CT molecular complexity index is 234. The van der Waals surface area contributed by atoms with Crippen LogP contribution in [-0.2, 0) is 0 Å². The molecule has 2 N–H and O–H groups in total. The third-order valence-electron chi connectivity index (χ3n) is 5.56. The van der Waals surface area contributed by atoms with Crippen molar-refractivity contribution in [1.29, 1.82) is 0 Å². The van der Waals surface area contributed by atoms with Crippen molar-refractivity contribution in [3.63, 3.8) is 0 Å². The minimum atomic E-state index is 0.475. The van der Waals surface area contributed by atoms with Gasteiger partial charge in [0, 0.05) is 6.04 Å². The van der Waals surface area contributed by atoms with Crippen LogP contribution in [0.2, 0.25) is 0 Å². The zero-order valence-corrected chi connectivity index (χ0v) is 12.6. The fourth-order valence-electron chi connectivity index (χ4n) is 4.64. The highest BCUT2D eigenvalue weighted by molar-refractivity contribution is 4.94. The third kappa shape index (κ3) is 3.50. The van der Waals surface area contributed by atoms with Crippen molar-refractivity contribution in [3.8, 4) is 0 Å². The van der Waals surface area contributed by atoms with Gasteiger partial charge in [-0.2, -0.15) is 0 Å². The van der Waals surface area contributed by atoms with Gasteiger partial charge in [0.25, 0.3) is 0 Å². The maximum absolute atomic E-state index is 6.64. The monoisotopic (exact) mass is 251 g/mol. The molecule has 2 aliphatic carbocycles. The first-order valence-corrected chi connectivity index (χ1v) is 8.38. The van der Waals surface area contributed by atoms with Gasteiger partial charge in [-0.15, -0.1) is 0 Å². The highest BCUT2D eigenvalue weighted by atomic mass is 14.7. The lowest BCUT2D eigenvalue weighted by atomic mass is 9.71. The smallest absolute Gasteiger partial charge is 0.00957 e. The Morgan fingerprint density at radius 3 is 2.22 bits per heavy atom. The Morgan fingerprint density at radius 2 is 1.67 bits per heavy atom. The zero-order valence-electron chi connectivity index (χ0n) is 12.6. The molecule has 106 valence electrons. The minimum absolute atomic E-state index is 0.475. The first-order valence-electron chi connectivity index (χ1n) is 8.38. The molecule has 2 saturated carbocycles. The molecule has 1 unspecified atom stereocenters. The van der Waals surface area contributed by atoms with Gasteiger partial charge in [-0.25, -0.2) is 0 Å². The quantitative estimate of drug-likeness (QED) is 0.714. The normalized spacial score (nSPS) is 26.0. The van der Waals surface area contributed by atoms with Crippen LogP contribution in [0.3, 0.4) is 0 Å². The van der Waals surface area contributed by atoms with Gasteiger partial charge in [-0.05, 0) is 49.4 Å². The second-order valence-corrected chi connectivity index (χ2v) is 7.50. The molecule has 2 rings (SSSR count). The summed E-state index contributed by atoms with van der Waals surface area (Å²) in [7, 11) is 0. The summed E-state index contributed by atoms with van der Waals surface area (Å²) in [6.07, 6.45) is 15.6. The first kappa shape index (κ1) is 14.4. The molecule has 0 amide bonds. The molecule has 0 spiro atoms. The summed E-state index contributed by atoms with van der Waals surface area (Å²) in [5, 5.41) is 0. The Labute approximate surface area is 114 Å². The van der Waals surface area contributed by atoms with Crippen molar-refractivity contribution in [1.82, 2.24) is 0 Å². The van der Waals surface area contributed by atoms with Crippen LogP contribution >= 0.6 is 0 Å². The van der Waals surface area contributed by atoms with Gasteiger partial charge in [0.1, 0.15) is 0 Å². The van der Waals surface area contributed by atoms with Crippen LogP contribution in [0.1, 0.15) is 84.5 Å². The van der Waals surface area contributed by atoms with Crippen LogP contribution < -0.4 is 5.73 Å². The molecule has 0 aliphatic heterocycles. The number of hydrogen-bond acceptors (Lipinski definition) is 1. The molecule has 18 heavy (non-hydrogen) atoms. The summed E-state index contributed by atoms with van der Waals surface area (Å²) in [4.78, 5) is 0. The van der Waals surface area contributed by atoms with Crippen LogP contribution in [0.4, 0.5) is 0 Å². The molecular formula is C17H33N. The fourth-order valence-corrected chi connectivity index (χ4v) is 4.64. The molecule has 1 heteroatoms. The van der Waals surface area contributed by atoms with E-state index in [1.807, 2.05) is 0 Å². The molecule has 0 bridgehead atoms. The summed E-state index contributed by atoms with van der Waals surface area (Å²) >= 11 is 0. The maximum Gasteiger partial charge on any atom is 0.00957 e. The lowest BCUT2D eigenvalue weighted by Gasteiger charge is -2.37. The molecule has 0 saturated heterocycles. The lowest BCUT2D eigenvalue weighted by Crippen LogP contribution is -2.41. The maximum atomic E-state index is 6.64. The van der Waals surface area contributed by atoms with Crippen LogP contribution in [0.15, 0.2) is 0 Å². The molecule has 2 fully saturated rings. The number of rotatable bonds is 6. The van der Waals surface area contributed by atoms with Gasteiger partial charge in [0.15, 0.2) is 0 Å². The predicted molar refractivity (Wildman–Crippen MR) is 79.5 cm³/mol. The average molecular weight is 251 g/mol. The van der Waals surface area contributed by atoms with Crippen molar-refractivity contribution >= 4 is 0 Å². The summed E-state index contributed by atoms with van der Waals surface area (Å²) < 4.78 is 0. The molecule has 0 aromatic carbocycles. The summed E-state index contributed by atoms with van der Waals surface area (Å²) in [6, 6.07) is 0.475. The summed E-state index contributed by atoms with van der Waals surface area (Å²) in [5.41, 5.74) is 7.15. The Balaban J connectivity index is 1.84. The Morgan fingerprint density at radius 1 is 1.06 bits per heavy atom. The third-order valence-corrected chi connectivity index (χ3v) is 5.56. The number of hydrogen-bond donors (Lipinski definition) is 1. The molecule has 1 atom stereocenters. The van der Waals surface area contributed by atoms with Crippen molar-refractivity contribution < 1.29 is 0 Å². The van der Waals surface area contributed by atoms with E-state index in [1.165, 1.54) is 70.6 Å². The summed E-state index contributed by atoms with van der Waals surface area (Å²) in [5.74, 6) is 1.81. The van der Waals surface area contributed by atoms with E-state index in [0.29, 0.717) is 11.5 Å². The van der Waals surface area contributed by atoms with Gasteiger partial charge >= 0.3 is 0 Å². The molecular weight excluding hydrogens is 218 g/mol. The van der Waals surface area contributed by atoms with E-state index in [-0.39, 0.29) is 0 Å². The topological polar surface area (TPSA) is 26.0 Å². The lowest BCUT2D eigenvalue weighted by molar-refractivity contribution is 0.169. The van der Waals surface area contributed by atoms with E-state index in [0.717, 1.165) is 11.8 Å². The van der Waals surface area contributed by atoms with Crippen molar-refractivity contribution in [3.05, 3.63) is 0 Å². The van der Waals surface area contributed by atoms with Crippen LogP contribution in [-0.4, -0.2) is 6.04 Å². The fraction of sp³-hybridized carbons (Fsp3) is 1.00. The van der Waals surface area contributed by atoms with Gasteiger partial charge in [0.2, 0.25) is 0 Å². The second-order valence-electron chi connectivity index (χ2n) is 7.50. The molecule has 2 aliphatic rings. The summed E-state index contributed by atoms with van der Waals surface area (Å²) in [6.45, 7) is 4.73. The second kappa shape index (κ2) is 6.41. The molecule has 0 heterocycles. The highest BCUT2D eigenvalue weighted by Gasteiger charge is 2.39. The molecule has 0 aromatic heterocycles. The van der Waals surface area contributed by atoms with E-state index >= 15 is 0 Å². The first-order chi connectivity index (χ1) is 8.62. The largest absolute Gasteiger partial charge is 0.327 e. The van der Waals surface area contributed by atoms with Crippen molar-refractivity contribution in [2.24, 2.45) is 23.0 Å².